The van der Waals surface area contributed by atoms with Crippen LogP contribution in [-0.4, -0.2) is 10.9 Å². The number of carbonyl (C=O) groups is 1. The molecule has 1 nitrogen and oxygen atoms in total. The zero-order valence-corrected chi connectivity index (χ0v) is 11.0. The highest BCUT2D eigenvalue weighted by atomic mass is 79.9. The van der Waals surface area contributed by atoms with Gasteiger partial charge in [-0.1, -0.05) is 29.7 Å². The lowest BCUT2D eigenvalue weighted by Gasteiger charge is -1.97. The van der Waals surface area contributed by atoms with E-state index in [1.54, 1.807) is 6.92 Å². The normalized spacial score (nSPS) is 9.27. The summed E-state index contributed by atoms with van der Waals surface area (Å²) < 4.78 is 1.00. The minimum atomic E-state index is 0.104. The van der Waals surface area contributed by atoms with Crippen LogP contribution in [0.2, 0.25) is 0 Å². The van der Waals surface area contributed by atoms with Gasteiger partial charge in [-0.3, -0.25) is 4.79 Å². The van der Waals surface area contributed by atoms with Crippen molar-refractivity contribution < 1.29 is 4.79 Å². The Morgan fingerprint density at radius 3 is 2.87 bits per heavy atom. The molecule has 1 aromatic rings. The maximum absolute atomic E-state index is 10.7. The third kappa shape index (κ3) is 4.55. The zero-order chi connectivity index (χ0) is 11.3. The maximum atomic E-state index is 10.7. The van der Waals surface area contributed by atoms with Gasteiger partial charge in [0, 0.05) is 17.0 Å². The van der Waals surface area contributed by atoms with Gasteiger partial charge in [0.15, 0.2) is 5.12 Å². The Labute approximate surface area is 103 Å². The Hall–Kier alpha value is -0.720. The molecule has 1 rings (SSSR count). The largest absolute Gasteiger partial charge is 0.288 e. The van der Waals surface area contributed by atoms with Gasteiger partial charge in [0.2, 0.25) is 0 Å². The molecule has 0 spiro atoms. The quantitative estimate of drug-likeness (QED) is 0.735. The number of carbonyl (C=O) groups excluding carboxylic acids is 1. The van der Waals surface area contributed by atoms with Crippen molar-refractivity contribution in [3.63, 3.8) is 0 Å². The second kappa shape index (κ2) is 5.99. The molecule has 0 aliphatic carbocycles. The van der Waals surface area contributed by atoms with Gasteiger partial charge >= 0.3 is 0 Å². The molecule has 0 aromatic heterocycles. The van der Waals surface area contributed by atoms with E-state index in [2.05, 4.69) is 27.8 Å². The second-order valence-corrected chi connectivity index (χ2v) is 5.07. The van der Waals surface area contributed by atoms with Crippen molar-refractivity contribution in [3.05, 3.63) is 33.8 Å². The monoisotopic (exact) mass is 282 g/mol. The third-order valence-electron chi connectivity index (χ3n) is 1.70. The minimum absolute atomic E-state index is 0.104. The van der Waals surface area contributed by atoms with Crippen LogP contribution in [0.1, 0.15) is 18.1 Å². The van der Waals surface area contributed by atoms with Crippen molar-refractivity contribution in [3.8, 4) is 11.8 Å². The van der Waals surface area contributed by atoms with Crippen molar-refractivity contribution in [2.75, 3.05) is 5.75 Å². The van der Waals surface area contributed by atoms with Gasteiger partial charge < -0.3 is 0 Å². The Balaban J connectivity index is 2.67. The summed E-state index contributed by atoms with van der Waals surface area (Å²) in [7, 11) is 0. The summed E-state index contributed by atoms with van der Waals surface area (Å²) in [5.41, 5.74) is 2.16. The van der Waals surface area contributed by atoms with Crippen molar-refractivity contribution in [2.45, 2.75) is 13.8 Å². The van der Waals surface area contributed by atoms with Gasteiger partial charge in [0.25, 0.3) is 0 Å². The van der Waals surface area contributed by atoms with Crippen LogP contribution in [0.3, 0.4) is 0 Å². The molecule has 0 N–H and O–H groups in total. The predicted octanol–water partition coefficient (Wildman–Crippen LogP) is 3.39. The molecule has 0 atom stereocenters. The minimum Gasteiger partial charge on any atom is -0.288 e. The standard InChI is InChI=1S/C12H11BrOS/c1-9-5-6-11(12(13)8-9)4-3-7-15-10(2)14/h5-6,8H,7H2,1-2H3. The zero-order valence-electron chi connectivity index (χ0n) is 8.63. The highest BCUT2D eigenvalue weighted by Gasteiger charge is 1.95. The number of hydrogen-bond acceptors (Lipinski definition) is 2. The summed E-state index contributed by atoms with van der Waals surface area (Å²) in [6.45, 7) is 3.59. The molecule has 0 radical (unpaired) electrons. The van der Waals surface area contributed by atoms with Crippen LogP contribution in [0.4, 0.5) is 0 Å². The van der Waals surface area contributed by atoms with Gasteiger partial charge in [-0.15, -0.1) is 0 Å². The molecule has 0 fully saturated rings. The molecule has 15 heavy (non-hydrogen) atoms. The van der Waals surface area contributed by atoms with Gasteiger partial charge in [0.05, 0.1) is 5.75 Å². The smallest absolute Gasteiger partial charge is 0.186 e. The first-order valence-corrected chi connectivity index (χ1v) is 6.26. The van der Waals surface area contributed by atoms with Crippen molar-refractivity contribution in [1.29, 1.82) is 0 Å². The molecule has 1 aromatic carbocycles. The van der Waals surface area contributed by atoms with Crippen LogP contribution in [0.5, 0.6) is 0 Å². The predicted molar refractivity (Wildman–Crippen MR) is 68.9 cm³/mol. The summed E-state index contributed by atoms with van der Waals surface area (Å²) in [6.07, 6.45) is 0. The number of thioether (sulfide) groups is 1. The van der Waals surface area contributed by atoms with E-state index in [4.69, 9.17) is 0 Å². The SMILES string of the molecule is CC(=O)SCC#Cc1ccc(C)cc1Br. The first-order chi connectivity index (χ1) is 7.09. The van der Waals surface area contributed by atoms with Gasteiger partial charge in [-0.2, -0.15) is 0 Å². The third-order valence-corrected chi connectivity index (χ3v) is 3.05. The second-order valence-electron chi connectivity index (χ2n) is 3.07. The molecule has 0 saturated carbocycles. The van der Waals surface area contributed by atoms with Crippen LogP contribution in [-0.2, 0) is 4.79 Å². The summed E-state index contributed by atoms with van der Waals surface area (Å²) >= 11 is 4.68. The molecule has 0 bridgehead atoms. The van der Waals surface area contributed by atoms with E-state index in [-0.39, 0.29) is 5.12 Å². The van der Waals surface area contributed by atoms with Crippen LogP contribution >= 0.6 is 27.7 Å². The average Bonchev–Trinajstić information content (AvgIpc) is 2.14. The van der Waals surface area contributed by atoms with Crippen LogP contribution in [0.25, 0.3) is 0 Å². The van der Waals surface area contributed by atoms with Crippen molar-refractivity contribution in [2.24, 2.45) is 0 Å². The molecular formula is C12H11BrOS. The molecule has 0 aliphatic rings. The van der Waals surface area contributed by atoms with Crippen molar-refractivity contribution >= 4 is 32.8 Å². The van der Waals surface area contributed by atoms with E-state index in [0.29, 0.717) is 5.75 Å². The fourth-order valence-electron chi connectivity index (χ4n) is 0.991. The molecule has 0 heterocycles. The Morgan fingerprint density at radius 2 is 2.27 bits per heavy atom. The van der Waals surface area contributed by atoms with E-state index in [0.717, 1.165) is 10.0 Å². The van der Waals surface area contributed by atoms with Gasteiger partial charge in [0.1, 0.15) is 0 Å². The van der Waals surface area contributed by atoms with E-state index in [1.807, 2.05) is 25.1 Å². The van der Waals surface area contributed by atoms with Crippen LogP contribution in [0, 0.1) is 18.8 Å². The summed E-state index contributed by atoms with van der Waals surface area (Å²) in [5, 5.41) is 0.104. The number of rotatable bonds is 1. The number of benzene rings is 1. The number of hydrogen-bond donors (Lipinski definition) is 0. The lowest BCUT2D eigenvalue weighted by molar-refractivity contribution is -0.109. The molecule has 78 valence electrons. The fourth-order valence-corrected chi connectivity index (χ4v) is 1.93. The topological polar surface area (TPSA) is 17.1 Å². The number of aryl methyl sites for hydroxylation is 1. The molecule has 3 heteroatoms. The maximum Gasteiger partial charge on any atom is 0.186 e. The highest BCUT2D eigenvalue weighted by Crippen LogP contribution is 2.17. The van der Waals surface area contributed by atoms with E-state index >= 15 is 0 Å². The number of halogens is 1. The van der Waals surface area contributed by atoms with Gasteiger partial charge in [-0.05, 0) is 40.5 Å². The molecular weight excluding hydrogens is 272 g/mol. The fraction of sp³-hybridized carbons (Fsp3) is 0.250. The molecule has 0 unspecified atom stereocenters. The lowest BCUT2D eigenvalue weighted by Crippen LogP contribution is -1.83. The lowest BCUT2D eigenvalue weighted by atomic mass is 10.2. The van der Waals surface area contributed by atoms with Crippen LogP contribution < -0.4 is 0 Å². The Kier molecular flexibility index (Phi) is 4.93. The first-order valence-electron chi connectivity index (χ1n) is 4.48. The van der Waals surface area contributed by atoms with Crippen molar-refractivity contribution in [1.82, 2.24) is 0 Å². The van der Waals surface area contributed by atoms with E-state index < -0.39 is 0 Å². The van der Waals surface area contributed by atoms with E-state index in [9.17, 15) is 4.79 Å². The summed E-state index contributed by atoms with van der Waals surface area (Å²) in [4.78, 5) is 10.7. The Bertz CT molecular complexity index is 429. The molecule has 0 amide bonds. The molecule has 0 saturated heterocycles. The average molecular weight is 283 g/mol. The molecule has 0 aliphatic heterocycles. The summed E-state index contributed by atoms with van der Waals surface area (Å²) in [6, 6.07) is 6.03. The Morgan fingerprint density at radius 1 is 1.53 bits per heavy atom. The van der Waals surface area contributed by atoms with Crippen LogP contribution in [0.15, 0.2) is 22.7 Å². The first kappa shape index (κ1) is 12.4. The van der Waals surface area contributed by atoms with Gasteiger partial charge in [-0.25, -0.2) is 0 Å². The van der Waals surface area contributed by atoms with E-state index in [1.165, 1.54) is 17.3 Å². The summed E-state index contributed by atoms with van der Waals surface area (Å²) in [5.74, 6) is 6.53. The highest BCUT2D eigenvalue weighted by molar-refractivity contribution is 9.10.